The van der Waals surface area contributed by atoms with E-state index in [1.54, 1.807) is 30.0 Å². The number of hydrogen-bond acceptors (Lipinski definition) is 3. The maximum atomic E-state index is 12.4. The van der Waals surface area contributed by atoms with E-state index in [4.69, 9.17) is 28.3 Å². The number of carboxylic acid groups (broad SMARTS) is 1. The zero-order valence-corrected chi connectivity index (χ0v) is 13.1. The molecule has 0 aliphatic carbocycles. The number of nitrogens with zero attached hydrogens (tertiary/aromatic N) is 2. The number of piperazine rings is 1. The zero-order valence-electron chi connectivity index (χ0n) is 11.6. The summed E-state index contributed by atoms with van der Waals surface area (Å²) in [6.07, 6.45) is 0. The van der Waals surface area contributed by atoms with Crippen LogP contribution in [0.3, 0.4) is 0 Å². The number of rotatable bonds is 3. The third kappa shape index (κ3) is 3.48. The first-order valence-electron chi connectivity index (χ1n) is 6.62. The molecule has 1 aliphatic rings. The topological polar surface area (TPSA) is 60.9 Å². The molecule has 1 heterocycles. The maximum absolute atomic E-state index is 12.4. The van der Waals surface area contributed by atoms with Gasteiger partial charge in [0.1, 0.15) is 6.04 Å². The van der Waals surface area contributed by atoms with Crippen molar-refractivity contribution in [3.8, 4) is 0 Å². The quantitative estimate of drug-likeness (QED) is 0.923. The van der Waals surface area contributed by atoms with E-state index in [-0.39, 0.29) is 10.9 Å². The Morgan fingerprint density at radius 1 is 1.19 bits per heavy atom. The summed E-state index contributed by atoms with van der Waals surface area (Å²) < 4.78 is 0. The molecule has 0 radical (unpaired) electrons. The summed E-state index contributed by atoms with van der Waals surface area (Å²) in [5.74, 6) is -1.03. The normalized spacial score (nSPS) is 17.6. The molecule has 5 nitrogen and oxygen atoms in total. The fourth-order valence-electron chi connectivity index (χ4n) is 2.31. The van der Waals surface area contributed by atoms with Gasteiger partial charge >= 0.3 is 5.97 Å². The molecule has 21 heavy (non-hydrogen) atoms. The molecule has 1 aliphatic heterocycles. The highest BCUT2D eigenvalue weighted by Crippen LogP contribution is 2.26. The van der Waals surface area contributed by atoms with E-state index in [2.05, 4.69) is 0 Å². The number of carboxylic acids is 1. The average molecular weight is 331 g/mol. The zero-order chi connectivity index (χ0) is 15.6. The summed E-state index contributed by atoms with van der Waals surface area (Å²) in [6.45, 7) is 3.64. The lowest BCUT2D eigenvalue weighted by Gasteiger charge is -2.36. The van der Waals surface area contributed by atoms with Crippen molar-refractivity contribution in [1.82, 2.24) is 9.80 Å². The molecule has 0 unspecified atom stereocenters. The molecule has 0 saturated carbocycles. The minimum absolute atomic E-state index is 0.176. The van der Waals surface area contributed by atoms with Crippen molar-refractivity contribution in [2.24, 2.45) is 0 Å². The Bertz CT molecular complexity index is 557. The minimum Gasteiger partial charge on any atom is -0.480 e. The van der Waals surface area contributed by atoms with Gasteiger partial charge in [-0.2, -0.15) is 0 Å². The second-order valence-corrected chi connectivity index (χ2v) is 5.73. The van der Waals surface area contributed by atoms with Gasteiger partial charge in [0.15, 0.2) is 0 Å². The Morgan fingerprint density at radius 2 is 1.81 bits per heavy atom. The second-order valence-electron chi connectivity index (χ2n) is 4.94. The van der Waals surface area contributed by atoms with Crippen molar-refractivity contribution in [3.63, 3.8) is 0 Å². The van der Waals surface area contributed by atoms with Gasteiger partial charge in [0.25, 0.3) is 5.91 Å². The van der Waals surface area contributed by atoms with Gasteiger partial charge in [-0.05, 0) is 19.1 Å². The number of amides is 1. The maximum Gasteiger partial charge on any atom is 0.320 e. The van der Waals surface area contributed by atoms with Crippen LogP contribution in [0.5, 0.6) is 0 Å². The molecular formula is C14H16Cl2N2O3. The van der Waals surface area contributed by atoms with Crippen molar-refractivity contribution in [1.29, 1.82) is 0 Å². The van der Waals surface area contributed by atoms with Crippen molar-refractivity contribution in [3.05, 3.63) is 33.8 Å². The first-order valence-corrected chi connectivity index (χ1v) is 7.37. The number of carbonyl (C=O) groups excluding carboxylic acids is 1. The van der Waals surface area contributed by atoms with Crippen LogP contribution >= 0.6 is 23.2 Å². The Kier molecular flexibility index (Phi) is 5.08. The van der Waals surface area contributed by atoms with Gasteiger partial charge in [-0.3, -0.25) is 14.5 Å². The van der Waals surface area contributed by atoms with Gasteiger partial charge in [-0.15, -0.1) is 0 Å². The average Bonchev–Trinajstić information content (AvgIpc) is 2.48. The van der Waals surface area contributed by atoms with Gasteiger partial charge in [0.05, 0.1) is 15.6 Å². The van der Waals surface area contributed by atoms with Gasteiger partial charge in [-0.25, -0.2) is 0 Å². The van der Waals surface area contributed by atoms with Gasteiger partial charge in [-0.1, -0.05) is 29.3 Å². The van der Waals surface area contributed by atoms with Crippen LogP contribution in [0.1, 0.15) is 17.3 Å². The molecule has 7 heteroatoms. The molecule has 1 aromatic rings. The number of carbonyl (C=O) groups is 2. The molecule has 0 bridgehead atoms. The number of halogens is 2. The summed E-state index contributed by atoms with van der Waals surface area (Å²) >= 11 is 12.0. The molecule has 114 valence electrons. The monoisotopic (exact) mass is 330 g/mol. The van der Waals surface area contributed by atoms with Crippen LogP contribution in [0.2, 0.25) is 10.0 Å². The van der Waals surface area contributed by atoms with Crippen LogP contribution in [0.15, 0.2) is 18.2 Å². The number of hydrogen-bond donors (Lipinski definition) is 1. The molecule has 1 fully saturated rings. The predicted molar refractivity (Wildman–Crippen MR) is 81.0 cm³/mol. The highest BCUT2D eigenvalue weighted by Gasteiger charge is 2.28. The Hall–Kier alpha value is -1.30. The molecule has 2 rings (SSSR count). The summed E-state index contributed by atoms with van der Waals surface area (Å²) in [7, 11) is 0. The van der Waals surface area contributed by atoms with E-state index in [1.807, 2.05) is 4.90 Å². The molecule has 1 N–H and O–H groups in total. The van der Waals surface area contributed by atoms with Crippen LogP contribution in [0.4, 0.5) is 0 Å². The van der Waals surface area contributed by atoms with Gasteiger partial charge in [0.2, 0.25) is 0 Å². The van der Waals surface area contributed by atoms with Crippen molar-refractivity contribution >= 4 is 35.1 Å². The summed E-state index contributed by atoms with van der Waals surface area (Å²) in [4.78, 5) is 26.9. The standard InChI is InChI=1S/C14H16Cl2N2O3/c1-9(14(20)21)17-5-7-18(8-6-17)13(19)10-3-2-4-11(15)12(10)16/h2-4,9H,5-8H2,1H3,(H,20,21)/t9-/m0/s1. The lowest BCUT2D eigenvalue weighted by Crippen LogP contribution is -2.53. The predicted octanol–water partition coefficient (Wildman–Crippen LogP) is 2.22. The first-order chi connectivity index (χ1) is 9.91. The highest BCUT2D eigenvalue weighted by molar-refractivity contribution is 6.43. The molecule has 1 amide bonds. The van der Waals surface area contributed by atoms with E-state index >= 15 is 0 Å². The fourth-order valence-corrected chi connectivity index (χ4v) is 2.69. The molecule has 0 spiro atoms. The Morgan fingerprint density at radius 3 is 2.38 bits per heavy atom. The first kappa shape index (κ1) is 16.1. The third-order valence-corrected chi connectivity index (χ3v) is 4.51. The van der Waals surface area contributed by atoms with Crippen LogP contribution < -0.4 is 0 Å². The van der Waals surface area contributed by atoms with Gasteiger partial charge < -0.3 is 10.0 Å². The Balaban J connectivity index is 2.04. The smallest absolute Gasteiger partial charge is 0.320 e. The number of benzene rings is 1. The van der Waals surface area contributed by atoms with Crippen LogP contribution in [-0.2, 0) is 4.79 Å². The Labute approximate surface area is 133 Å². The van der Waals surface area contributed by atoms with Crippen LogP contribution in [0, 0.1) is 0 Å². The minimum atomic E-state index is -0.854. The highest BCUT2D eigenvalue weighted by atomic mass is 35.5. The largest absolute Gasteiger partial charge is 0.480 e. The third-order valence-electron chi connectivity index (χ3n) is 3.69. The van der Waals surface area contributed by atoms with Gasteiger partial charge in [0, 0.05) is 26.2 Å². The molecule has 1 aromatic carbocycles. The van der Waals surface area contributed by atoms with E-state index in [9.17, 15) is 9.59 Å². The van der Waals surface area contributed by atoms with Crippen molar-refractivity contribution in [2.45, 2.75) is 13.0 Å². The van der Waals surface area contributed by atoms with E-state index < -0.39 is 12.0 Å². The van der Waals surface area contributed by atoms with E-state index in [1.165, 1.54) is 0 Å². The molecular weight excluding hydrogens is 315 g/mol. The number of aliphatic carboxylic acids is 1. The van der Waals surface area contributed by atoms with E-state index in [0.29, 0.717) is 36.8 Å². The van der Waals surface area contributed by atoms with Crippen LogP contribution in [-0.4, -0.2) is 59.0 Å². The molecule has 1 saturated heterocycles. The molecule has 1 atom stereocenters. The molecule has 0 aromatic heterocycles. The summed E-state index contributed by atoms with van der Waals surface area (Å²) in [6, 6.07) is 4.41. The summed E-state index contributed by atoms with van der Waals surface area (Å²) in [5.41, 5.74) is 0.379. The van der Waals surface area contributed by atoms with Crippen molar-refractivity contribution < 1.29 is 14.7 Å². The van der Waals surface area contributed by atoms with Crippen molar-refractivity contribution in [2.75, 3.05) is 26.2 Å². The van der Waals surface area contributed by atoms with Crippen LogP contribution in [0.25, 0.3) is 0 Å². The lowest BCUT2D eigenvalue weighted by atomic mass is 10.1. The fraction of sp³-hybridized carbons (Fsp3) is 0.429. The SMILES string of the molecule is C[C@@H](C(=O)O)N1CCN(C(=O)c2cccc(Cl)c2Cl)CC1. The summed E-state index contributed by atoms with van der Waals surface area (Å²) in [5, 5.41) is 9.60. The lowest BCUT2D eigenvalue weighted by molar-refractivity contribution is -0.143. The second kappa shape index (κ2) is 6.64. The van der Waals surface area contributed by atoms with E-state index in [0.717, 1.165) is 0 Å².